The summed E-state index contributed by atoms with van der Waals surface area (Å²) in [5.74, 6) is 0.317. The molecule has 2 amide bonds. The van der Waals surface area contributed by atoms with Gasteiger partial charge in [0.05, 0.1) is 20.5 Å². The van der Waals surface area contributed by atoms with E-state index in [4.69, 9.17) is 0 Å². The van der Waals surface area contributed by atoms with Crippen LogP contribution in [0.1, 0.15) is 92.9 Å². The van der Waals surface area contributed by atoms with Gasteiger partial charge in [-0.05, 0) is 49.4 Å². The van der Waals surface area contributed by atoms with E-state index in [1.807, 2.05) is 13.8 Å². The van der Waals surface area contributed by atoms with Crippen molar-refractivity contribution in [3.8, 4) is 0 Å². The number of carbonyl (C=O) groups excluding carboxylic acids is 4. The highest BCUT2D eigenvalue weighted by Crippen LogP contribution is 2.73. The molecule has 6 unspecified atom stereocenters. The summed E-state index contributed by atoms with van der Waals surface area (Å²) in [4.78, 5) is 51.5. The highest BCUT2D eigenvalue weighted by molar-refractivity contribution is 9.10. The van der Waals surface area contributed by atoms with Gasteiger partial charge in [0.2, 0.25) is 11.8 Å². The second kappa shape index (κ2) is 8.89. The van der Waals surface area contributed by atoms with Gasteiger partial charge in [-0.25, -0.2) is 0 Å². The van der Waals surface area contributed by atoms with Crippen LogP contribution in [-0.2, 0) is 19.2 Å². The minimum absolute atomic E-state index is 0.00270. The Kier molecular flexibility index (Phi) is 6.98. The molecule has 0 aromatic heterocycles. The van der Waals surface area contributed by atoms with E-state index < -0.39 is 31.3 Å². The van der Waals surface area contributed by atoms with Gasteiger partial charge in [-0.1, -0.05) is 86.2 Å². The molecule has 0 spiro atoms. The van der Waals surface area contributed by atoms with E-state index in [1.165, 1.54) is 0 Å². The van der Waals surface area contributed by atoms with Crippen LogP contribution in [0.15, 0.2) is 0 Å². The summed E-state index contributed by atoms with van der Waals surface area (Å²) in [5, 5.41) is 6.25. The number of carbonyl (C=O) groups is 4. The van der Waals surface area contributed by atoms with Crippen molar-refractivity contribution in [2.45, 2.75) is 103 Å². The van der Waals surface area contributed by atoms with E-state index in [0.717, 1.165) is 51.4 Å². The average molecular weight is 630 g/mol. The predicted octanol–water partition coefficient (Wildman–Crippen LogP) is 5.10. The van der Waals surface area contributed by atoms with Crippen molar-refractivity contribution in [3.05, 3.63) is 0 Å². The first-order valence-corrected chi connectivity index (χ1v) is 15.4. The van der Waals surface area contributed by atoms with E-state index in [9.17, 15) is 19.2 Å². The fourth-order valence-corrected chi connectivity index (χ4v) is 11.3. The summed E-state index contributed by atoms with van der Waals surface area (Å²) in [6.45, 7) is 13.5. The van der Waals surface area contributed by atoms with Crippen LogP contribution in [0.5, 0.6) is 0 Å². The van der Waals surface area contributed by atoms with Gasteiger partial charge >= 0.3 is 0 Å². The Hall–Kier alpha value is -0.760. The van der Waals surface area contributed by atoms with Crippen molar-refractivity contribution < 1.29 is 19.2 Å². The van der Waals surface area contributed by atoms with Gasteiger partial charge in [-0.15, -0.1) is 0 Å². The van der Waals surface area contributed by atoms with E-state index in [2.05, 4.69) is 70.2 Å². The number of hydrogen-bond acceptors (Lipinski definition) is 4. The molecule has 0 radical (unpaired) electrons. The van der Waals surface area contributed by atoms with E-state index in [1.54, 1.807) is 0 Å². The molecule has 202 valence electrons. The number of rotatable bonds is 9. The molecular formula is C28H42Br2N2O4. The van der Waals surface area contributed by atoms with E-state index >= 15 is 0 Å². The zero-order chi connectivity index (χ0) is 26.9. The van der Waals surface area contributed by atoms with Crippen molar-refractivity contribution in [1.29, 1.82) is 0 Å². The second-order valence-electron chi connectivity index (χ2n) is 13.2. The van der Waals surface area contributed by atoms with Gasteiger partial charge in [0.25, 0.3) is 0 Å². The maximum Gasteiger partial charge on any atom is 0.228 e. The van der Waals surface area contributed by atoms with Crippen molar-refractivity contribution in [2.24, 2.45) is 32.5 Å². The average Bonchev–Trinajstić information content (AvgIpc) is 3.25. The number of unbranched alkanes of at least 4 members (excludes halogenated alkanes) is 3. The zero-order valence-electron chi connectivity index (χ0n) is 22.6. The zero-order valence-corrected chi connectivity index (χ0v) is 25.8. The van der Waals surface area contributed by atoms with Gasteiger partial charge in [-0.2, -0.15) is 0 Å². The van der Waals surface area contributed by atoms with Crippen LogP contribution in [0.3, 0.4) is 0 Å². The van der Waals surface area contributed by atoms with Crippen molar-refractivity contribution in [1.82, 2.24) is 10.6 Å². The predicted molar refractivity (Wildman–Crippen MR) is 147 cm³/mol. The van der Waals surface area contributed by atoms with Crippen LogP contribution in [0.25, 0.3) is 0 Å². The smallest absolute Gasteiger partial charge is 0.228 e. The first-order valence-electron chi connectivity index (χ1n) is 13.5. The van der Waals surface area contributed by atoms with Crippen LogP contribution in [0.4, 0.5) is 0 Å². The molecular weight excluding hydrogens is 588 g/mol. The summed E-state index contributed by atoms with van der Waals surface area (Å²) in [6.07, 6.45) is 6.64. The minimum Gasteiger partial charge on any atom is -0.356 e. The van der Waals surface area contributed by atoms with Gasteiger partial charge in [0, 0.05) is 23.9 Å². The quantitative estimate of drug-likeness (QED) is 0.274. The number of nitrogens with one attached hydrogen (secondary N) is 2. The molecule has 36 heavy (non-hydrogen) atoms. The summed E-state index contributed by atoms with van der Waals surface area (Å²) in [6, 6.07) is 0. The first-order chi connectivity index (χ1) is 16.6. The van der Waals surface area contributed by atoms with Gasteiger partial charge in [0.15, 0.2) is 11.6 Å². The molecule has 0 aromatic rings. The fourth-order valence-electron chi connectivity index (χ4n) is 8.23. The third kappa shape index (κ3) is 3.18. The minimum atomic E-state index is -0.679. The number of hydrogen-bond donors (Lipinski definition) is 2. The molecule has 4 bridgehead atoms. The number of ketones is 2. The molecule has 2 N–H and O–H groups in total. The molecule has 4 aliphatic rings. The fraction of sp³-hybridized carbons (Fsp3) is 0.857. The van der Waals surface area contributed by atoms with Crippen LogP contribution in [-0.4, -0.2) is 46.1 Å². The second-order valence-corrected chi connectivity index (χ2v) is 15.1. The molecule has 4 fully saturated rings. The molecule has 4 saturated carbocycles. The number of alkyl halides is 2. The Balaban J connectivity index is 1.19. The lowest BCUT2D eigenvalue weighted by molar-refractivity contribution is -0.136. The highest BCUT2D eigenvalue weighted by atomic mass is 79.9. The van der Waals surface area contributed by atoms with Crippen molar-refractivity contribution in [2.75, 3.05) is 13.1 Å². The molecule has 4 aliphatic carbocycles. The van der Waals surface area contributed by atoms with Crippen LogP contribution in [0.2, 0.25) is 0 Å². The largest absolute Gasteiger partial charge is 0.356 e. The maximum absolute atomic E-state index is 13.3. The number of fused-ring (bicyclic) bond motifs is 4. The summed E-state index contributed by atoms with van der Waals surface area (Å²) in [7, 11) is 0. The SMILES string of the molecule is CC12CCC(C(=O)NCCCCCCNC(=O)C34CCC(C)(C(=O)C3Br)C4(C)C)(C(Br)C1=O)C2(C)C. The van der Waals surface area contributed by atoms with Gasteiger partial charge in [-0.3, -0.25) is 19.2 Å². The lowest BCUT2D eigenvalue weighted by Crippen LogP contribution is -2.51. The third-order valence-electron chi connectivity index (χ3n) is 11.9. The van der Waals surface area contributed by atoms with E-state index in [-0.39, 0.29) is 34.2 Å². The molecule has 4 rings (SSSR count). The number of amides is 2. The van der Waals surface area contributed by atoms with Crippen LogP contribution in [0, 0.1) is 32.5 Å². The number of Topliss-reactive ketones (excluding diaryl/α,β-unsaturated/α-hetero) is 2. The lowest BCUT2D eigenvalue weighted by atomic mass is 9.64. The normalized spacial score (nSPS) is 41.7. The topological polar surface area (TPSA) is 92.3 Å². The molecule has 6 nitrogen and oxygen atoms in total. The maximum atomic E-state index is 13.3. The van der Waals surface area contributed by atoms with Crippen molar-refractivity contribution in [3.63, 3.8) is 0 Å². The Morgan fingerprint density at radius 2 is 1.00 bits per heavy atom. The summed E-state index contributed by atoms with van der Waals surface area (Å²) < 4.78 is 0. The molecule has 8 heteroatoms. The Morgan fingerprint density at radius 3 is 1.28 bits per heavy atom. The standard InChI is InChI=1S/C28H42Br2N2O4/c1-23(2)25(5)11-13-27(23,17(29)19(25)33)21(35)31-15-9-7-8-10-16-32-22(36)28-14-12-26(6,24(28,3)4)20(34)18(28)30/h17-18H,7-16H2,1-6H3,(H,31,35)(H,32,36). The highest BCUT2D eigenvalue weighted by Gasteiger charge is 2.77. The summed E-state index contributed by atoms with van der Waals surface area (Å²) >= 11 is 7.16. The molecule has 0 heterocycles. The molecule has 0 aliphatic heterocycles. The number of halogens is 2. The summed E-state index contributed by atoms with van der Waals surface area (Å²) in [5.41, 5.74) is -3.01. The van der Waals surface area contributed by atoms with Crippen LogP contribution >= 0.6 is 31.9 Å². The molecule has 6 atom stereocenters. The van der Waals surface area contributed by atoms with Gasteiger partial charge < -0.3 is 10.6 Å². The van der Waals surface area contributed by atoms with Crippen LogP contribution < -0.4 is 10.6 Å². The van der Waals surface area contributed by atoms with Gasteiger partial charge in [0.1, 0.15) is 0 Å². The molecule has 0 saturated heterocycles. The monoisotopic (exact) mass is 628 g/mol. The molecule has 0 aromatic carbocycles. The Morgan fingerprint density at radius 1 is 0.667 bits per heavy atom. The van der Waals surface area contributed by atoms with E-state index in [0.29, 0.717) is 13.1 Å². The lowest BCUT2D eigenvalue weighted by Gasteiger charge is -2.39. The Labute approximate surface area is 232 Å². The third-order valence-corrected chi connectivity index (χ3v) is 14.3. The Bertz CT molecular complexity index is 918. The van der Waals surface area contributed by atoms with Crippen molar-refractivity contribution >= 4 is 55.2 Å². The first kappa shape index (κ1) is 28.3.